The Morgan fingerprint density at radius 1 is 1.37 bits per heavy atom. The standard InChI is InChI=1S/C13H18F3N3/c1-2-19(7-6-12(17)18)9-10-4-3-5-11(8-10)13(14,15)16/h3-5,8H,2,6-7,9H2,1H3,(H3,17,18). The van der Waals surface area contributed by atoms with Crippen LogP contribution >= 0.6 is 0 Å². The molecule has 3 N–H and O–H groups in total. The first-order valence-corrected chi connectivity index (χ1v) is 6.04. The summed E-state index contributed by atoms with van der Waals surface area (Å²) in [6.07, 6.45) is -3.89. The smallest absolute Gasteiger partial charge is 0.388 e. The number of rotatable bonds is 6. The third-order valence-corrected chi connectivity index (χ3v) is 2.81. The quantitative estimate of drug-likeness (QED) is 0.618. The highest BCUT2D eigenvalue weighted by atomic mass is 19.4. The number of amidine groups is 1. The van der Waals surface area contributed by atoms with E-state index in [4.69, 9.17) is 11.1 Å². The number of alkyl halides is 3. The molecule has 6 heteroatoms. The molecular formula is C13H18F3N3. The Balaban J connectivity index is 2.72. The van der Waals surface area contributed by atoms with Crippen LogP contribution in [0.5, 0.6) is 0 Å². The van der Waals surface area contributed by atoms with Crippen LogP contribution in [0.4, 0.5) is 13.2 Å². The summed E-state index contributed by atoms with van der Waals surface area (Å²) in [5.41, 5.74) is 5.26. The molecule has 106 valence electrons. The monoisotopic (exact) mass is 273 g/mol. The Kier molecular flexibility index (Phi) is 5.35. The number of hydrogen-bond acceptors (Lipinski definition) is 2. The van der Waals surface area contributed by atoms with E-state index in [1.54, 1.807) is 6.07 Å². The highest BCUT2D eigenvalue weighted by molar-refractivity contribution is 5.76. The van der Waals surface area contributed by atoms with Crippen molar-refractivity contribution in [3.05, 3.63) is 35.4 Å². The fourth-order valence-electron chi connectivity index (χ4n) is 1.73. The van der Waals surface area contributed by atoms with Crippen molar-refractivity contribution in [1.82, 2.24) is 4.90 Å². The van der Waals surface area contributed by atoms with E-state index < -0.39 is 11.7 Å². The predicted octanol–water partition coefficient (Wildman–Crippen LogP) is 2.85. The first kappa shape index (κ1) is 15.5. The molecule has 19 heavy (non-hydrogen) atoms. The molecule has 0 aliphatic rings. The minimum Gasteiger partial charge on any atom is -0.388 e. The van der Waals surface area contributed by atoms with E-state index in [-0.39, 0.29) is 5.84 Å². The van der Waals surface area contributed by atoms with Crippen molar-refractivity contribution in [2.24, 2.45) is 5.73 Å². The SMILES string of the molecule is CCN(CCC(=N)N)Cc1cccc(C(F)(F)F)c1. The van der Waals surface area contributed by atoms with Gasteiger partial charge >= 0.3 is 6.18 Å². The van der Waals surface area contributed by atoms with Crippen molar-refractivity contribution < 1.29 is 13.2 Å². The van der Waals surface area contributed by atoms with Crippen molar-refractivity contribution in [3.63, 3.8) is 0 Å². The Bertz CT molecular complexity index is 429. The Morgan fingerprint density at radius 2 is 2.05 bits per heavy atom. The zero-order valence-corrected chi connectivity index (χ0v) is 10.8. The number of nitrogens with zero attached hydrogens (tertiary/aromatic N) is 1. The normalized spacial score (nSPS) is 11.8. The highest BCUT2D eigenvalue weighted by Gasteiger charge is 2.30. The molecule has 0 unspecified atom stereocenters. The van der Waals surface area contributed by atoms with Crippen LogP contribution < -0.4 is 5.73 Å². The van der Waals surface area contributed by atoms with Crippen LogP contribution in [0.3, 0.4) is 0 Å². The van der Waals surface area contributed by atoms with Gasteiger partial charge in [0.1, 0.15) is 0 Å². The lowest BCUT2D eigenvalue weighted by Crippen LogP contribution is -2.27. The zero-order chi connectivity index (χ0) is 14.5. The molecule has 0 heterocycles. The summed E-state index contributed by atoms with van der Waals surface area (Å²) in [5.74, 6) is 0.0856. The lowest BCUT2D eigenvalue weighted by Gasteiger charge is -2.20. The predicted molar refractivity (Wildman–Crippen MR) is 68.9 cm³/mol. The second-order valence-electron chi connectivity index (χ2n) is 4.34. The van der Waals surface area contributed by atoms with Crippen LogP contribution in [0, 0.1) is 5.41 Å². The maximum absolute atomic E-state index is 12.6. The van der Waals surface area contributed by atoms with Gasteiger partial charge in [0.15, 0.2) is 0 Å². The fourth-order valence-corrected chi connectivity index (χ4v) is 1.73. The molecule has 0 fully saturated rings. The van der Waals surface area contributed by atoms with E-state index in [0.29, 0.717) is 31.6 Å². The molecule has 0 saturated carbocycles. The minimum absolute atomic E-state index is 0.0856. The molecular weight excluding hydrogens is 255 g/mol. The van der Waals surface area contributed by atoms with Crippen molar-refractivity contribution in [3.8, 4) is 0 Å². The summed E-state index contributed by atoms with van der Waals surface area (Å²) in [4.78, 5) is 1.96. The Hall–Kier alpha value is -1.56. The molecule has 0 aromatic heterocycles. The topological polar surface area (TPSA) is 53.1 Å². The van der Waals surface area contributed by atoms with Crippen molar-refractivity contribution in [2.75, 3.05) is 13.1 Å². The molecule has 0 spiro atoms. The lowest BCUT2D eigenvalue weighted by molar-refractivity contribution is -0.137. The molecule has 0 bridgehead atoms. The number of nitrogens with one attached hydrogen (secondary N) is 1. The molecule has 0 aliphatic carbocycles. The fraction of sp³-hybridized carbons (Fsp3) is 0.462. The summed E-state index contributed by atoms with van der Waals surface area (Å²) in [6.45, 7) is 3.62. The average molecular weight is 273 g/mol. The molecule has 0 atom stereocenters. The van der Waals surface area contributed by atoms with Gasteiger partial charge in [-0.1, -0.05) is 25.1 Å². The molecule has 0 aliphatic heterocycles. The van der Waals surface area contributed by atoms with E-state index in [1.165, 1.54) is 6.07 Å². The maximum Gasteiger partial charge on any atom is 0.416 e. The zero-order valence-electron chi connectivity index (χ0n) is 10.8. The summed E-state index contributed by atoms with van der Waals surface area (Å²) in [5, 5.41) is 7.16. The third-order valence-electron chi connectivity index (χ3n) is 2.81. The van der Waals surface area contributed by atoms with Gasteiger partial charge < -0.3 is 5.73 Å². The van der Waals surface area contributed by atoms with Crippen molar-refractivity contribution in [2.45, 2.75) is 26.1 Å². The second-order valence-corrected chi connectivity index (χ2v) is 4.34. The summed E-state index contributed by atoms with van der Waals surface area (Å²) in [7, 11) is 0. The molecule has 1 rings (SSSR count). The summed E-state index contributed by atoms with van der Waals surface area (Å²) in [6, 6.07) is 5.31. The van der Waals surface area contributed by atoms with E-state index in [1.807, 2.05) is 11.8 Å². The van der Waals surface area contributed by atoms with Gasteiger partial charge in [-0.2, -0.15) is 13.2 Å². The van der Waals surface area contributed by atoms with E-state index >= 15 is 0 Å². The second kappa shape index (κ2) is 6.56. The van der Waals surface area contributed by atoms with Gasteiger partial charge in [0, 0.05) is 19.5 Å². The van der Waals surface area contributed by atoms with E-state index in [9.17, 15) is 13.2 Å². The van der Waals surface area contributed by atoms with Gasteiger partial charge in [0.2, 0.25) is 0 Å². The number of hydrogen-bond donors (Lipinski definition) is 2. The van der Waals surface area contributed by atoms with Crippen molar-refractivity contribution in [1.29, 1.82) is 5.41 Å². The summed E-state index contributed by atoms with van der Waals surface area (Å²) < 4.78 is 37.7. The largest absolute Gasteiger partial charge is 0.416 e. The minimum atomic E-state index is -4.31. The van der Waals surface area contributed by atoms with Crippen LogP contribution in [-0.4, -0.2) is 23.8 Å². The maximum atomic E-state index is 12.6. The summed E-state index contributed by atoms with van der Waals surface area (Å²) >= 11 is 0. The molecule has 0 saturated heterocycles. The molecule has 0 amide bonds. The van der Waals surface area contributed by atoms with Gasteiger partial charge in [0.05, 0.1) is 11.4 Å². The van der Waals surface area contributed by atoms with Crippen LogP contribution in [0.1, 0.15) is 24.5 Å². The Labute approximate surface area is 110 Å². The van der Waals surface area contributed by atoms with E-state index in [2.05, 4.69) is 0 Å². The first-order valence-electron chi connectivity index (χ1n) is 6.04. The van der Waals surface area contributed by atoms with Gasteiger partial charge in [-0.15, -0.1) is 0 Å². The number of nitrogens with two attached hydrogens (primary N) is 1. The van der Waals surface area contributed by atoms with E-state index in [0.717, 1.165) is 12.1 Å². The van der Waals surface area contributed by atoms with Crippen LogP contribution in [0.15, 0.2) is 24.3 Å². The van der Waals surface area contributed by atoms with Crippen LogP contribution in [-0.2, 0) is 12.7 Å². The number of benzene rings is 1. The van der Waals surface area contributed by atoms with Crippen LogP contribution in [0.2, 0.25) is 0 Å². The lowest BCUT2D eigenvalue weighted by atomic mass is 10.1. The molecule has 0 radical (unpaired) electrons. The highest BCUT2D eigenvalue weighted by Crippen LogP contribution is 2.29. The van der Waals surface area contributed by atoms with Gasteiger partial charge in [-0.25, -0.2) is 0 Å². The Morgan fingerprint density at radius 3 is 2.58 bits per heavy atom. The van der Waals surface area contributed by atoms with Gasteiger partial charge in [-0.3, -0.25) is 10.3 Å². The molecule has 3 nitrogen and oxygen atoms in total. The van der Waals surface area contributed by atoms with Gasteiger partial charge in [0.25, 0.3) is 0 Å². The van der Waals surface area contributed by atoms with Gasteiger partial charge in [-0.05, 0) is 18.2 Å². The van der Waals surface area contributed by atoms with Crippen LogP contribution in [0.25, 0.3) is 0 Å². The van der Waals surface area contributed by atoms with Crippen molar-refractivity contribution >= 4 is 5.84 Å². The molecule has 1 aromatic rings. The third kappa shape index (κ3) is 5.30. The number of halogens is 3. The molecule has 1 aromatic carbocycles. The first-order chi connectivity index (χ1) is 8.82. The average Bonchev–Trinajstić information content (AvgIpc) is 2.33.